The van der Waals surface area contributed by atoms with Crippen molar-refractivity contribution in [3.63, 3.8) is 0 Å². The van der Waals surface area contributed by atoms with Crippen LogP contribution in [0.1, 0.15) is 29.6 Å². The van der Waals surface area contributed by atoms with Crippen LogP contribution in [0.3, 0.4) is 0 Å². The van der Waals surface area contributed by atoms with Gasteiger partial charge in [0.2, 0.25) is 0 Å². The first-order valence-corrected chi connectivity index (χ1v) is 8.15. The van der Waals surface area contributed by atoms with Crippen molar-refractivity contribution < 1.29 is 14.7 Å². The number of hydrogen-bond acceptors (Lipinski definition) is 2. The van der Waals surface area contributed by atoms with Crippen LogP contribution < -0.4 is 0 Å². The van der Waals surface area contributed by atoms with Crippen LogP contribution in [0.2, 0.25) is 5.02 Å². The van der Waals surface area contributed by atoms with E-state index in [1.807, 2.05) is 0 Å². The SMILES string of the molecule is O=C(O)C1C2CCCC2CN1C(=O)c1ccc(Br)c(Cl)c1. The number of nitrogens with zero attached hydrogens (tertiary/aromatic N) is 1. The standard InChI is InChI=1S/C15H15BrClNO3/c16-11-5-4-8(6-12(11)17)14(19)18-7-9-2-1-3-10(9)13(18)15(20)21/h4-6,9-10,13H,1-3,7H2,(H,20,21). The fourth-order valence-corrected chi connectivity index (χ4v) is 4.05. The van der Waals surface area contributed by atoms with Gasteiger partial charge in [-0.15, -0.1) is 0 Å². The molecule has 21 heavy (non-hydrogen) atoms. The van der Waals surface area contributed by atoms with Crippen molar-refractivity contribution in [2.75, 3.05) is 6.54 Å². The summed E-state index contributed by atoms with van der Waals surface area (Å²) in [6.45, 7) is 0.536. The monoisotopic (exact) mass is 371 g/mol. The van der Waals surface area contributed by atoms with Gasteiger partial charge < -0.3 is 10.0 Å². The summed E-state index contributed by atoms with van der Waals surface area (Å²) in [6.07, 6.45) is 2.97. The summed E-state index contributed by atoms with van der Waals surface area (Å²) in [7, 11) is 0. The lowest BCUT2D eigenvalue weighted by atomic mass is 9.94. The van der Waals surface area contributed by atoms with E-state index in [0.29, 0.717) is 27.5 Å². The summed E-state index contributed by atoms with van der Waals surface area (Å²) < 4.78 is 0.716. The molecule has 4 nitrogen and oxygen atoms in total. The van der Waals surface area contributed by atoms with Crippen molar-refractivity contribution in [1.82, 2.24) is 4.90 Å². The van der Waals surface area contributed by atoms with Crippen LogP contribution in [-0.4, -0.2) is 34.5 Å². The Kier molecular flexibility index (Phi) is 3.97. The molecule has 3 unspecified atom stereocenters. The van der Waals surface area contributed by atoms with E-state index >= 15 is 0 Å². The van der Waals surface area contributed by atoms with E-state index in [1.165, 1.54) is 4.90 Å². The number of benzene rings is 1. The van der Waals surface area contributed by atoms with Gasteiger partial charge in [0, 0.05) is 16.6 Å². The second-order valence-corrected chi connectivity index (χ2v) is 6.99. The number of carbonyl (C=O) groups is 2. The molecule has 1 aromatic rings. The molecule has 2 aliphatic rings. The minimum absolute atomic E-state index is 0.0948. The molecule has 1 saturated heterocycles. The molecule has 1 N–H and O–H groups in total. The Labute approximate surface area is 136 Å². The smallest absolute Gasteiger partial charge is 0.326 e. The Morgan fingerprint density at radius 2 is 2.10 bits per heavy atom. The molecule has 1 heterocycles. The van der Waals surface area contributed by atoms with Crippen LogP contribution >= 0.6 is 27.5 Å². The van der Waals surface area contributed by atoms with Crippen LogP contribution in [0, 0.1) is 11.8 Å². The van der Waals surface area contributed by atoms with E-state index in [2.05, 4.69) is 15.9 Å². The van der Waals surface area contributed by atoms with Gasteiger partial charge in [0.15, 0.2) is 0 Å². The Balaban J connectivity index is 1.89. The highest BCUT2D eigenvalue weighted by atomic mass is 79.9. The highest BCUT2D eigenvalue weighted by molar-refractivity contribution is 9.10. The van der Waals surface area contributed by atoms with Gasteiger partial charge in [-0.2, -0.15) is 0 Å². The zero-order chi connectivity index (χ0) is 15.1. The van der Waals surface area contributed by atoms with Crippen molar-refractivity contribution in [1.29, 1.82) is 0 Å². The average molecular weight is 373 g/mol. The molecule has 3 atom stereocenters. The van der Waals surface area contributed by atoms with E-state index in [-0.39, 0.29) is 11.8 Å². The number of aliphatic carboxylic acids is 1. The molecular weight excluding hydrogens is 358 g/mol. The normalized spacial score (nSPS) is 27.7. The molecule has 0 radical (unpaired) electrons. The minimum atomic E-state index is -0.902. The molecule has 1 aliphatic carbocycles. The highest BCUT2D eigenvalue weighted by Gasteiger charge is 2.49. The highest BCUT2D eigenvalue weighted by Crippen LogP contribution is 2.42. The van der Waals surface area contributed by atoms with E-state index < -0.39 is 12.0 Å². The molecule has 0 aromatic heterocycles. The number of likely N-dealkylation sites (tertiary alicyclic amines) is 1. The lowest BCUT2D eigenvalue weighted by molar-refractivity contribution is -0.142. The maximum absolute atomic E-state index is 12.6. The number of fused-ring (bicyclic) bond motifs is 1. The second kappa shape index (κ2) is 5.61. The summed E-state index contributed by atoms with van der Waals surface area (Å²) in [5, 5.41) is 9.95. The molecule has 6 heteroatoms. The fourth-order valence-electron chi connectivity index (χ4n) is 3.63. The lowest BCUT2D eigenvalue weighted by Gasteiger charge is -2.24. The van der Waals surface area contributed by atoms with E-state index in [0.717, 1.165) is 19.3 Å². The largest absolute Gasteiger partial charge is 0.480 e. The Morgan fingerprint density at radius 1 is 1.33 bits per heavy atom. The Morgan fingerprint density at radius 3 is 2.76 bits per heavy atom. The molecule has 3 rings (SSSR count). The molecule has 0 bridgehead atoms. The number of halogens is 2. The maximum atomic E-state index is 12.6. The van der Waals surface area contributed by atoms with Crippen LogP contribution in [0.25, 0.3) is 0 Å². The third-order valence-corrected chi connectivity index (χ3v) is 5.80. The summed E-state index contributed by atoms with van der Waals surface area (Å²) in [5.74, 6) is -0.731. The maximum Gasteiger partial charge on any atom is 0.326 e. The molecule has 0 spiro atoms. The predicted octanol–water partition coefficient (Wildman–Crippen LogP) is 3.43. The summed E-state index contributed by atoms with van der Waals surface area (Å²) in [4.78, 5) is 25.7. The van der Waals surface area contributed by atoms with Gasteiger partial charge in [0.05, 0.1) is 5.02 Å². The van der Waals surface area contributed by atoms with E-state index in [4.69, 9.17) is 11.6 Å². The van der Waals surface area contributed by atoms with Crippen LogP contribution in [0.4, 0.5) is 0 Å². The molecule has 1 aliphatic heterocycles. The molecule has 1 amide bonds. The quantitative estimate of drug-likeness (QED) is 0.865. The van der Waals surface area contributed by atoms with Crippen molar-refractivity contribution in [3.8, 4) is 0 Å². The molecule has 1 aromatic carbocycles. The number of carboxylic acids is 1. The van der Waals surface area contributed by atoms with Crippen molar-refractivity contribution in [3.05, 3.63) is 33.3 Å². The Bertz CT molecular complexity index is 607. The summed E-state index contributed by atoms with van der Waals surface area (Å²) in [5.41, 5.74) is 0.439. The van der Waals surface area contributed by atoms with Crippen molar-refractivity contribution in [2.45, 2.75) is 25.3 Å². The number of hydrogen-bond donors (Lipinski definition) is 1. The van der Waals surface area contributed by atoms with E-state index in [9.17, 15) is 14.7 Å². The third-order valence-electron chi connectivity index (χ3n) is 4.57. The van der Waals surface area contributed by atoms with Gasteiger partial charge in [-0.1, -0.05) is 18.0 Å². The van der Waals surface area contributed by atoms with Gasteiger partial charge >= 0.3 is 5.97 Å². The topological polar surface area (TPSA) is 57.6 Å². The van der Waals surface area contributed by atoms with Gasteiger partial charge in [-0.3, -0.25) is 4.79 Å². The first-order chi connectivity index (χ1) is 9.99. The number of rotatable bonds is 2. The summed E-state index contributed by atoms with van der Waals surface area (Å²) in [6, 6.07) is 4.27. The Hall–Kier alpha value is -1.07. The zero-order valence-corrected chi connectivity index (χ0v) is 13.6. The van der Waals surface area contributed by atoms with Gasteiger partial charge in [-0.25, -0.2) is 4.79 Å². The molecule has 2 fully saturated rings. The first kappa shape index (κ1) is 14.9. The van der Waals surface area contributed by atoms with Crippen LogP contribution in [-0.2, 0) is 4.79 Å². The molecule has 1 saturated carbocycles. The van der Waals surface area contributed by atoms with Gasteiger partial charge in [-0.05, 0) is 58.8 Å². The number of carboxylic acid groups (broad SMARTS) is 1. The predicted molar refractivity (Wildman–Crippen MR) is 82.4 cm³/mol. The molecular formula is C15H15BrClNO3. The number of amides is 1. The first-order valence-electron chi connectivity index (χ1n) is 6.98. The lowest BCUT2D eigenvalue weighted by Crippen LogP contribution is -2.43. The number of carbonyl (C=O) groups excluding carboxylic acids is 1. The van der Waals surface area contributed by atoms with Crippen LogP contribution in [0.5, 0.6) is 0 Å². The van der Waals surface area contributed by atoms with Crippen molar-refractivity contribution >= 4 is 39.4 Å². The van der Waals surface area contributed by atoms with Gasteiger partial charge in [0.1, 0.15) is 6.04 Å². The zero-order valence-electron chi connectivity index (χ0n) is 11.3. The minimum Gasteiger partial charge on any atom is -0.480 e. The second-order valence-electron chi connectivity index (χ2n) is 5.72. The van der Waals surface area contributed by atoms with Gasteiger partial charge in [0.25, 0.3) is 5.91 Å². The third kappa shape index (κ3) is 2.57. The fraction of sp³-hybridized carbons (Fsp3) is 0.467. The van der Waals surface area contributed by atoms with E-state index in [1.54, 1.807) is 18.2 Å². The average Bonchev–Trinajstić information content (AvgIpc) is 3.00. The molecule has 112 valence electrons. The van der Waals surface area contributed by atoms with Crippen molar-refractivity contribution in [2.24, 2.45) is 11.8 Å². The summed E-state index contributed by atoms with van der Waals surface area (Å²) >= 11 is 9.31. The van der Waals surface area contributed by atoms with Crippen LogP contribution in [0.15, 0.2) is 22.7 Å².